The largest absolute Gasteiger partial charge is 0.495 e. The third-order valence-electron chi connectivity index (χ3n) is 5.70. The second-order valence-corrected chi connectivity index (χ2v) is 10.0. The van der Waals surface area contributed by atoms with Crippen molar-refractivity contribution in [3.63, 3.8) is 0 Å². The third kappa shape index (κ3) is 4.99. The Labute approximate surface area is 172 Å². The topological polar surface area (TPSA) is 75.7 Å². The van der Waals surface area contributed by atoms with Crippen LogP contribution in [0.4, 0.5) is 0 Å². The van der Waals surface area contributed by atoms with Crippen LogP contribution in [0.1, 0.15) is 51.4 Å². The van der Waals surface area contributed by atoms with E-state index in [1.165, 1.54) is 30.3 Å². The molecule has 1 aromatic rings. The summed E-state index contributed by atoms with van der Waals surface area (Å²) < 4.78 is 33.0. The lowest BCUT2D eigenvalue weighted by atomic mass is 9.97. The normalized spacial score (nSPS) is 22.4. The van der Waals surface area contributed by atoms with E-state index in [9.17, 15) is 13.2 Å². The van der Waals surface area contributed by atoms with Gasteiger partial charge in [0, 0.05) is 24.2 Å². The minimum atomic E-state index is -3.79. The molecule has 0 radical (unpaired) electrons. The average molecular weight is 429 g/mol. The lowest BCUT2D eigenvalue weighted by molar-refractivity contribution is -0.126. The molecule has 1 saturated heterocycles. The first-order valence-corrected chi connectivity index (χ1v) is 11.9. The minimum absolute atomic E-state index is 0.0233. The Balaban J connectivity index is 1.71. The van der Waals surface area contributed by atoms with Gasteiger partial charge in [-0.25, -0.2) is 8.42 Å². The number of ether oxygens (including phenoxy) is 1. The van der Waals surface area contributed by atoms with Gasteiger partial charge in [-0.2, -0.15) is 4.31 Å². The molecule has 2 aliphatic rings. The first-order valence-electron chi connectivity index (χ1n) is 10.1. The quantitative estimate of drug-likeness (QED) is 0.727. The highest BCUT2D eigenvalue weighted by molar-refractivity contribution is 7.89. The molecule has 1 amide bonds. The van der Waals surface area contributed by atoms with E-state index in [1.54, 1.807) is 12.1 Å². The Morgan fingerprint density at radius 3 is 2.54 bits per heavy atom. The predicted molar refractivity (Wildman–Crippen MR) is 109 cm³/mol. The highest BCUT2D eigenvalue weighted by Crippen LogP contribution is 2.32. The summed E-state index contributed by atoms with van der Waals surface area (Å²) in [5.41, 5.74) is 0. The summed E-state index contributed by atoms with van der Waals surface area (Å²) in [4.78, 5) is 12.8. The number of piperidine rings is 1. The van der Waals surface area contributed by atoms with E-state index in [1.807, 2.05) is 0 Å². The molecule has 6 nitrogen and oxygen atoms in total. The maximum absolute atomic E-state index is 13.2. The fourth-order valence-electron chi connectivity index (χ4n) is 4.11. The van der Waals surface area contributed by atoms with Crippen molar-refractivity contribution in [2.45, 2.75) is 62.3 Å². The van der Waals surface area contributed by atoms with Crippen LogP contribution in [-0.2, 0) is 14.8 Å². The smallest absolute Gasteiger partial charge is 0.246 e. The predicted octanol–water partition coefficient (Wildman–Crippen LogP) is 3.59. The molecule has 2 fully saturated rings. The van der Waals surface area contributed by atoms with Gasteiger partial charge in [0.25, 0.3) is 0 Å². The molecule has 1 heterocycles. The van der Waals surface area contributed by atoms with E-state index in [4.69, 9.17) is 16.3 Å². The standard InChI is InChI=1S/C20H29ClN2O4S/c1-27-18-11-10-16(21)13-19(18)28(25,26)23-12-6-7-15(14-23)20(24)22-17-8-4-2-3-5-9-17/h10-11,13,15,17H,2-9,12,14H2,1H3,(H,22,24)/t15-/m0/s1. The number of nitrogens with one attached hydrogen (secondary N) is 1. The van der Waals surface area contributed by atoms with Crippen LogP contribution in [0.5, 0.6) is 5.75 Å². The monoisotopic (exact) mass is 428 g/mol. The van der Waals surface area contributed by atoms with Crippen molar-refractivity contribution < 1.29 is 17.9 Å². The number of halogens is 1. The minimum Gasteiger partial charge on any atom is -0.495 e. The lowest BCUT2D eigenvalue weighted by Crippen LogP contribution is -2.47. The van der Waals surface area contributed by atoms with E-state index in [0.29, 0.717) is 24.4 Å². The van der Waals surface area contributed by atoms with Crippen LogP contribution in [0.3, 0.4) is 0 Å². The van der Waals surface area contributed by atoms with Crippen molar-refractivity contribution in [2.75, 3.05) is 20.2 Å². The number of hydrogen-bond donors (Lipinski definition) is 1. The molecular formula is C20H29ClN2O4S. The molecule has 1 N–H and O–H groups in total. The number of rotatable bonds is 5. The summed E-state index contributed by atoms with van der Waals surface area (Å²) in [5, 5.41) is 3.50. The van der Waals surface area contributed by atoms with Crippen LogP contribution in [0.25, 0.3) is 0 Å². The number of methoxy groups -OCH3 is 1. The summed E-state index contributed by atoms with van der Waals surface area (Å²) in [6, 6.07) is 4.77. The summed E-state index contributed by atoms with van der Waals surface area (Å²) in [6.07, 6.45) is 8.13. The molecule has 1 atom stereocenters. The van der Waals surface area contributed by atoms with E-state index in [0.717, 1.165) is 25.7 Å². The van der Waals surface area contributed by atoms with Crippen LogP contribution in [0.15, 0.2) is 23.1 Å². The van der Waals surface area contributed by atoms with Gasteiger partial charge in [-0.3, -0.25) is 4.79 Å². The summed E-state index contributed by atoms with van der Waals surface area (Å²) in [6.45, 7) is 0.585. The fourth-order valence-corrected chi connectivity index (χ4v) is 6.05. The zero-order valence-electron chi connectivity index (χ0n) is 16.3. The lowest BCUT2D eigenvalue weighted by Gasteiger charge is -2.32. The molecule has 1 aromatic carbocycles. The van der Waals surface area contributed by atoms with Gasteiger partial charge in [-0.05, 0) is 43.9 Å². The maximum atomic E-state index is 13.2. The fraction of sp³-hybridized carbons (Fsp3) is 0.650. The van der Waals surface area contributed by atoms with Crippen LogP contribution < -0.4 is 10.1 Å². The highest BCUT2D eigenvalue weighted by Gasteiger charge is 2.35. The van der Waals surface area contributed by atoms with E-state index in [2.05, 4.69) is 5.32 Å². The van der Waals surface area contributed by atoms with Crippen LogP contribution >= 0.6 is 11.6 Å². The molecule has 28 heavy (non-hydrogen) atoms. The molecule has 0 bridgehead atoms. The number of nitrogens with zero attached hydrogens (tertiary/aromatic N) is 1. The van der Waals surface area contributed by atoms with Crippen LogP contribution in [0.2, 0.25) is 5.02 Å². The van der Waals surface area contributed by atoms with Gasteiger partial charge in [-0.15, -0.1) is 0 Å². The molecule has 0 spiro atoms. The van der Waals surface area contributed by atoms with Crippen molar-refractivity contribution in [2.24, 2.45) is 5.92 Å². The number of sulfonamides is 1. The van der Waals surface area contributed by atoms with Gasteiger partial charge in [0.2, 0.25) is 15.9 Å². The molecule has 156 valence electrons. The Hall–Kier alpha value is -1.31. The summed E-state index contributed by atoms with van der Waals surface area (Å²) in [7, 11) is -2.36. The number of amides is 1. The van der Waals surface area contributed by atoms with Gasteiger partial charge in [0.05, 0.1) is 13.0 Å². The molecular weight excluding hydrogens is 400 g/mol. The summed E-state index contributed by atoms with van der Waals surface area (Å²) in [5.74, 6) is -0.0868. The van der Waals surface area contributed by atoms with Crippen LogP contribution in [-0.4, -0.2) is 44.9 Å². The zero-order chi connectivity index (χ0) is 20.1. The van der Waals surface area contributed by atoms with Crippen molar-refractivity contribution in [1.82, 2.24) is 9.62 Å². The molecule has 8 heteroatoms. The third-order valence-corrected chi connectivity index (χ3v) is 7.82. The van der Waals surface area contributed by atoms with Crippen molar-refractivity contribution in [1.29, 1.82) is 0 Å². The number of benzene rings is 1. The Morgan fingerprint density at radius 1 is 1.14 bits per heavy atom. The van der Waals surface area contributed by atoms with Crippen molar-refractivity contribution in [3.05, 3.63) is 23.2 Å². The number of carbonyl (C=O) groups is 1. The van der Waals surface area contributed by atoms with Crippen molar-refractivity contribution in [3.8, 4) is 5.75 Å². The average Bonchev–Trinajstić information content (AvgIpc) is 2.96. The van der Waals surface area contributed by atoms with E-state index >= 15 is 0 Å². The zero-order valence-corrected chi connectivity index (χ0v) is 17.9. The van der Waals surface area contributed by atoms with Gasteiger partial charge in [0.15, 0.2) is 0 Å². The molecule has 0 aromatic heterocycles. The van der Waals surface area contributed by atoms with Gasteiger partial charge < -0.3 is 10.1 Å². The van der Waals surface area contributed by atoms with Crippen LogP contribution in [0, 0.1) is 5.92 Å². The molecule has 1 aliphatic heterocycles. The first kappa shape index (κ1) is 21.4. The SMILES string of the molecule is COc1ccc(Cl)cc1S(=O)(=O)N1CCC[C@H](C(=O)NC2CCCCCC2)C1. The van der Waals surface area contributed by atoms with Gasteiger partial charge >= 0.3 is 0 Å². The second-order valence-electron chi connectivity index (χ2n) is 7.69. The van der Waals surface area contributed by atoms with Gasteiger partial charge in [-0.1, -0.05) is 37.3 Å². The summed E-state index contributed by atoms with van der Waals surface area (Å²) >= 11 is 6.02. The van der Waals surface area contributed by atoms with Crippen molar-refractivity contribution >= 4 is 27.5 Å². The Kier molecular flexibility index (Phi) is 7.23. The molecule has 0 unspecified atom stereocenters. The molecule has 3 rings (SSSR count). The number of hydrogen-bond acceptors (Lipinski definition) is 4. The highest BCUT2D eigenvalue weighted by atomic mass is 35.5. The maximum Gasteiger partial charge on any atom is 0.246 e. The van der Waals surface area contributed by atoms with Gasteiger partial charge in [0.1, 0.15) is 10.6 Å². The molecule has 1 saturated carbocycles. The Bertz CT molecular complexity index is 791. The van der Waals surface area contributed by atoms with E-state index in [-0.39, 0.29) is 35.1 Å². The second kappa shape index (κ2) is 9.46. The first-order chi connectivity index (χ1) is 13.4. The molecule has 1 aliphatic carbocycles. The van der Waals surface area contributed by atoms with E-state index < -0.39 is 10.0 Å². The Morgan fingerprint density at radius 2 is 1.86 bits per heavy atom. The number of carbonyl (C=O) groups excluding carboxylic acids is 1.